The molecule has 148 heavy (non-hydrogen) atoms. The summed E-state index contributed by atoms with van der Waals surface area (Å²) in [5.41, 5.74) is 21.8. The van der Waals surface area contributed by atoms with Crippen molar-refractivity contribution in [3.05, 3.63) is 0 Å². The number of ether oxygens (including phenoxy) is 4. The number of carbonyl (C=O) groups is 19. The Bertz CT molecular complexity index is 3700. The van der Waals surface area contributed by atoms with Crippen molar-refractivity contribution in [2.75, 3.05) is 288 Å². The van der Waals surface area contributed by atoms with Crippen molar-refractivity contribution in [3.63, 3.8) is 0 Å². The maximum Gasteiger partial charge on any atom is 0.327 e. The minimum atomic E-state index is -1.07. The highest BCUT2D eigenvalue weighted by Crippen LogP contribution is 2.43. The van der Waals surface area contributed by atoms with Crippen molar-refractivity contribution in [3.8, 4) is 0 Å². The van der Waals surface area contributed by atoms with E-state index in [0.717, 1.165) is 110 Å². The lowest BCUT2D eigenvalue weighted by Crippen LogP contribution is -2.49. The molecule has 4 aliphatic carbocycles. The summed E-state index contributed by atoms with van der Waals surface area (Å²) in [5, 5.41) is 42.8. The molecule has 4 heterocycles. The second-order valence-corrected chi connectivity index (χ2v) is 48.4. The molecule has 50 heteroatoms. The number of thioether (sulfide) groups is 8. The molecule has 8 aliphatic rings. The molecule has 0 spiro atoms. The molecule has 4 saturated carbocycles. The Balaban J connectivity index is 0.000000482. The number of esters is 8. The van der Waals surface area contributed by atoms with Crippen LogP contribution in [0.2, 0.25) is 0 Å². The van der Waals surface area contributed by atoms with Gasteiger partial charge < -0.3 is 77.0 Å². The van der Waals surface area contributed by atoms with Crippen LogP contribution >= 0.6 is 94.1 Å². The molecular formula is C98H169N15O27S8. The molecule has 0 bridgehead atoms. The molecule has 42 nitrogen and oxygen atoms in total. The van der Waals surface area contributed by atoms with E-state index in [9.17, 15) is 96.2 Å². The van der Waals surface area contributed by atoms with Crippen LogP contribution in [0.3, 0.4) is 0 Å². The van der Waals surface area contributed by atoms with Crippen LogP contribution in [0.15, 0.2) is 0 Å². The highest BCUT2D eigenvalue weighted by molar-refractivity contribution is 8.05. The van der Waals surface area contributed by atoms with Crippen molar-refractivity contribution in [2.24, 2.45) is 22.9 Å². The summed E-state index contributed by atoms with van der Waals surface area (Å²) in [7, 11) is 0. The van der Waals surface area contributed by atoms with Gasteiger partial charge in [-0.3, -0.25) is 130 Å². The summed E-state index contributed by atoms with van der Waals surface area (Å²) >= 11 is 16.3. The predicted molar refractivity (Wildman–Crippen MR) is 584 cm³/mol. The Labute approximate surface area is 908 Å². The van der Waals surface area contributed by atoms with Gasteiger partial charge in [0, 0.05) is 222 Å². The highest BCUT2D eigenvalue weighted by Gasteiger charge is 2.37. The summed E-state index contributed by atoms with van der Waals surface area (Å²) in [4.78, 5) is 237. The smallest absolute Gasteiger partial charge is 0.327 e. The number of hydrogen-bond acceptors (Lipinski definition) is 46. The number of nitrogens with two attached hydrogens (primary N) is 4. The van der Waals surface area contributed by atoms with E-state index in [4.69, 9.17) is 38.3 Å². The van der Waals surface area contributed by atoms with Crippen molar-refractivity contribution in [2.45, 2.75) is 212 Å². The van der Waals surface area contributed by atoms with Crippen molar-refractivity contribution in [1.29, 1.82) is 0 Å². The van der Waals surface area contributed by atoms with Gasteiger partial charge in [0.05, 0.1) is 118 Å². The summed E-state index contributed by atoms with van der Waals surface area (Å²) in [6.45, 7) is 22.4. The minimum Gasteiger partial charge on any atom is -0.481 e. The van der Waals surface area contributed by atoms with Gasteiger partial charge in [-0.05, 0) is 135 Å². The largest absolute Gasteiger partial charge is 0.481 e. The number of unbranched alkanes of at least 4 members (excludes halogenated alkanes) is 2. The molecule has 8 unspecified atom stereocenters. The molecule has 0 radical (unpaired) electrons. The van der Waals surface area contributed by atoms with Crippen LogP contribution in [0, 0.1) is 0 Å². The summed E-state index contributed by atoms with van der Waals surface area (Å²) < 4.78 is 17.7. The van der Waals surface area contributed by atoms with Gasteiger partial charge >= 0.3 is 71.6 Å². The first-order chi connectivity index (χ1) is 70.6. The van der Waals surface area contributed by atoms with Gasteiger partial charge in [0.2, 0.25) is 0 Å². The van der Waals surface area contributed by atoms with E-state index in [1.165, 1.54) is 121 Å². The fraction of sp³-hybridized carbons (Fsp3) is 0.806. The summed E-state index contributed by atoms with van der Waals surface area (Å²) in [5.74, 6) is 0.108. The first kappa shape index (κ1) is 136. The number of carboxylic acid groups (broad SMARTS) is 4. The first-order valence-corrected chi connectivity index (χ1v) is 60.0. The molecule has 0 aromatic heterocycles. The van der Waals surface area contributed by atoms with Crippen LogP contribution in [0.1, 0.15) is 170 Å². The lowest BCUT2D eigenvalue weighted by Gasteiger charge is -2.35. The van der Waals surface area contributed by atoms with Gasteiger partial charge in [0.15, 0.2) is 0 Å². The Kier molecular flexibility index (Phi) is 75.5. The fourth-order valence-electron chi connectivity index (χ4n) is 16.0. The third kappa shape index (κ3) is 67.9. The number of cyclic esters (lactones) is 8. The maximum absolute atomic E-state index is 12.8. The quantitative estimate of drug-likeness (QED) is 0.0188. The zero-order valence-corrected chi connectivity index (χ0v) is 94.6. The highest BCUT2D eigenvalue weighted by atomic mass is 32.2. The average molecular weight is 2250 g/mol. The van der Waals surface area contributed by atoms with Crippen molar-refractivity contribution >= 4 is 206 Å². The lowest BCUT2D eigenvalue weighted by molar-refractivity contribution is -0.170. The first-order valence-electron chi connectivity index (χ1n) is 51.6. The van der Waals surface area contributed by atoms with E-state index in [2.05, 4.69) is 61.2 Å². The molecule has 4 saturated heterocycles. The third-order valence-corrected chi connectivity index (χ3v) is 36.8. The van der Waals surface area contributed by atoms with E-state index in [1.807, 2.05) is 85.3 Å². The van der Waals surface area contributed by atoms with E-state index in [1.54, 1.807) is 36.3 Å². The molecule has 846 valence electrons. The van der Waals surface area contributed by atoms with Crippen molar-refractivity contribution in [1.82, 2.24) is 53.9 Å². The molecule has 4 aliphatic heterocycles. The topological polar surface area (TPSA) is 582 Å². The predicted octanol–water partition coefficient (Wildman–Crippen LogP) is 3.15. The number of hydrogen-bond donors (Lipinski definition) is 8. The molecule has 8 rings (SSSR count). The van der Waals surface area contributed by atoms with Crippen LogP contribution in [-0.2, 0) is 110 Å². The van der Waals surface area contributed by atoms with Gasteiger partial charge in [0.1, 0.15) is 40.5 Å². The number of Topliss-reactive ketones (excluding diaryl/α,β-unsaturated/α-hetero) is 7. The number of rotatable bonds is 76. The van der Waals surface area contributed by atoms with Gasteiger partial charge in [-0.25, -0.2) is 0 Å². The Morgan fingerprint density at radius 1 is 0.257 bits per heavy atom. The normalized spacial score (nSPS) is 20.0. The molecule has 12 N–H and O–H groups in total. The molecule has 8 atom stereocenters. The number of aliphatic carboxylic acids is 4. The Morgan fingerprint density at radius 2 is 0.466 bits per heavy atom. The van der Waals surface area contributed by atoms with Crippen LogP contribution in [-0.4, -0.2) is 517 Å². The fourth-order valence-corrected chi connectivity index (χ4v) is 27.6. The number of carbonyl (C=O) groups excluding carboxylic acids is 15. The van der Waals surface area contributed by atoms with Crippen LogP contribution < -0.4 is 22.9 Å². The van der Waals surface area contributed by atoms with Gasteiger partial charge in [-0.2, -0.15) is 94.1 Å². The summed E-state index contributed by atoms with van der Waals surface area (Å²) in [6, 6.07) is 0. The number of ketones is 7. The molecule has 8 fully saturated rings. The Morgan fingerprint density at radius 3 is 0.689 bits per heavy atom. The molecular weight excluding hydrogens is 2080 g/mol. The van der Waals surface area contributed by atoms with Crippen LogP contribution in [0.4, 0.5) is 0 Å². The van der Waals surface area contributed by atoms with Crippen molar-refractivity contribution < 1.29 is 130 Å². The zero-order valence-electron chi connectivity index (χ0n) is 88.0. The number of nitrogens with zero attached hydrogens (tertiary/aromatic N) is 11. The summed E-state index contributed by atoms with van der Waals surface area (Å²) in [6.07, 6.45) is 18.4. The van der Waals surface area contributed by atoms with Gasteiger partial charge in [0.25, 0.3) is 0 Å². The van der Waals surface area contributed by atoms with Gasteiger partial charge in [-0.1, -0.05) is 26.7 Å². The van der Waals surface area contributed by atoms with E-state index >= 15 is 0 Å². The molecule has 0 aromatic rings. The average Bonchev–Trinajstić information content (AvgIpc) is 0.867. The SMILES string of the molecule is CCCCSC1CCC1SCCCC(=O)CN(CCN(CCC(=O)O)CCN(CC(C)=O)CC(=O)O)CC(=O)O.CCCCSC1CCC1SCCCC(=O)CN(CCN(CCC(C)=O)CCN(CC(C)=O)CC(C)=O)CC(C)=O.NCCSC1CCC1SCCN.NCCSC1CCC1SCCN.O=C(O)CCN(CCN1CC(=O)OC(=O)C1)CCN1CC(=O)OC(=O)C1.O=C1CN(CCN2CC(=O)OC(=O)C2)CC(=O)O1. The van der Waals surface area contributed by atoms with E-state index < -0.39 is 71.6 Å². The van der Waals surface area contributed by atoms with Crippen LogP contribution in [0.25, 0.3) is 0 Å². The van der Waals surface area contributed by atoms with Gasteiger partial charge in [-0.15, -0.1) is 0 Å². The maximum atomic E-state index is 12.8. The third-order valence-electron chi connectivity index (χ3n) is 24.2. The minimum absolute atomic E-state index is 0.000510. The second-order valence-electron chi connectivity index (χ2n) is 37.7. The lowest BCUT2D eigenvalue weighted by atomic mass is 9.99. The number of morpholine rings is 4. The Hall–Kier alpha value is -5.67. The molecule has 0 amide bonds. The monoisotopic (exact) mass is 2240 g/mol. The van der Waals surface area contributed by atoms with Crippen LogP contribution in [0.5, 0.6) is 0 Å². The number of carboxylic acids is 4. The van der Waals surface area contributed by atoms with E-state index in [-0.39, 0.29) is 184 Å². The second kappa shape index (κ2) is 81.9. The standard InChI is InChI=1S/C30H53N3O5S2.C27H47N3O8S2.C15H21N3O8.C10H12N2O6.2C8H18N2S2/c1-6-7-18-39-29-10-11-30(29)40-19-8-9-28(38)23-33(22-27(5)37)17-15-31(13-12-24(2)34)14-16-32(20-25(3)35)21-26(4)36;1-3-4-15-39-23-7-8-24(23)40-16-5-6-22(32)18-30(20-27(37)38)14-12-28(10-9-25(33)34)11-13-29(17-21(2)31)19-26(35)36;19-11(20)1-2-16(3-5-17-7-12(21)25-13(22)8-17)4-6-18-9-14(23)26-15(24)10-18;13-7-3-11(4-8(14)17-7)1-2-12-5-9(15)18-10(16)6-12;2*9-3-5-11-7-1-2-8(7)12-6-4-10/h29-30H,6-23H2,1-5H3;23-24H,3-20H2,1-2H3,(H,33,34)(H,35,36)(H,37,38);1-10H2,(H,19,20);1-6H2;2*7-8H,1-6,9-10H2. The molecule has 0 aromatic carbocycles. The van der Waals surface area contributed by atoms with E-state index in [0.29, 0.717) is 110 Å². The zero-order chi connectivity index (χ0) is 110.